The van der Waals surface area contributed by atoms with E-state index in [1.807, 2.05) is 48.5 Å². The number of phenols is 2. The van der Waals surface area contributed by atoms with Crippen LogP contribution in [0, 0.1) is 0 Å². The molecule has 7 heteroatoms. The van der Waals surface area contributed by atoms with Crippen LogP contribution in [0.2, 0.25) is 0 Å². The Labute approximate surface area is 263 Å². The Bertz CT molecular complexity index is 1850. The number of rotatable bonds is 7. The lowest BCUT2D eigenvalue weighted by Crippen LogP contribution is -2.29. The second-order valence-corrected chi connectivity index (χ2v) is 11.4. The predicted octanol–water partition coefficient (Wildman–Crippen LogP) is 8.24. The Balaban J connectivity index is 1.75. The number of hydrogen-bond acceptors (Lipinski definition) is 6. The van der Waals surface area contributed by atoms with Gasteiger partial charge in [-0.05, 0) is 101 Å². The fraction of sp³-hybridized carbons (Fsp3) is 0.135. The average Bonchev–Trinajstić information content (AvgIpc) is 3.31. The van der Waals surface area contributed by atoms with Crippen LogP contribution in [0.1, 0.15) is 56.8 Å². The summed E-state index contributed by atoms with van der Waals surface area (Å²) >= 11 is 3.67. The summed E-state index contributed by atoms with van der Waals surface area (Å²) < 4.78 is 11.4. The number of carbonyl (C=O) groups excluding carboxylic acids is 2. The summed E-state index contributed by atoms with van der Waals surface area (Å²) in [6, 6.07) is 32.2. The molecule has 0 aliphatic heterocycles. The summed E-state index contributed by atoms with van der Waals surface area (Å²) in [5.74, 6) is -1.70. The van der Waals surface area contributed by atoms with Crippen LogP contribution in [0.15, 0.2) is 108 Å². The lowest BCUT2D eigenvalue weighted by molar-refractivity contribution is 0.0513. The summed E-state index contributed by atoms with van der Waals surface area (Å²) in [7, 11) is 0. The van der Waals surface area contributed by atoms with Gasteiger partial charge >= 0.3 is 11.9 Å². The van der Waals surface area contributed by atoms with E-state index in [9.17, 15) is 19.8 Å². The van der Waals surface area contributed by atoms with Crippen molar-refractivity contribution in [2.45, 2.75) is 19.3 Å². The third-order valence-corrected chi connectivity index (χ3v) is 8.55. The second-order valence-electron chi connectivity index (χ2n) is 10.5. The van der Waals surface area contributed by atoms with Crippen molar-refractivity contribution < 1.29 is 29.3 Å². The number of halogens is 1. The Morgan fingerprint density at radius 2 is 1.16 bits per heavy atom. The summed E-state index contributed by atoms with van der Waals surface area (Å²) in [6.07, 6.45) is 0. The molecule has 0 radical (unpaired) electrons. The van der Waals surface area contributed by atoms with E-state index in [2.05, 4.69) is 34.1 Å². The van der Waals surface area contributed by atoms with Gasteiger partial charge in [0.15, 0.2) is 0 Å². The summed E-state index contributed by atoms with van der Waals surface area (Å²) in [4.78, 5) is 26.1. The molecule has 0 atom stereocenters. The molecular weight excluding hydrogens is 620 g/mol. The predicted molar refractivity (Wildman–Crippen MR) is 172 cm³/mol. The lowest BCUT2D eigenvalue weighted by Gasteiger charge is -2.35. The van der Waals surface area contributed by atoms with Gasteiger partial charge in [-0.1, -0.05) is 76.6 Å². The number of ether oxygens (including phenoxy) is 2. The van der Waals surface area contributed by atoms with Gasteiger partial charge in [0.25, 0.3) is 0 Å². The number of aromatic hydroxyl groups is 2. The molecule has 0 amide bonds. The molecule has 0 saturated heterocycles. The quantitative estimate of drug-likeness (QED) is 0.169. The Hall–Kier alpha value is -4.88. The topological polar surface area (TPSA) is 93.1 Å². The molecule has 0 spiro atoms. The molecule has 0 fully saturated rings. The highest BCUT2D eigenvalue weighted by molar-refractivity contribution is 9.10. The van der Waals surface area contributed by atoms with E-state index in [1.165, 1.54) is 12.1 Å². The zero-order valence-electron chi connectivity index (χ0n) is 24.1. The Morgan fingerprint density at radius 3 is 1.70 bits per heavy atom. The molecule has 44 heavy (non-hydrogen) atoms. The summed E-state index contributed by atoms with van der Waals surface area (Å²) in [6.45, 7) is 3.71. The summed E-state index contributed by atoms with van der Waals surface area (Å²) in [5.41, 5.74) is 6.07. The zero-order chi connectivity index (χ0) is 31.0. The zero-order valence-corrected chi connectivity index (χ0v) is 25.7. The van der Waals surface area contributed by atoms with E-state index >= 15 is 0 Å². The molecule has 2 N–H and O–H groups in total. The van der Waals surface area contributed by atoms with Gasteiger partial charge in [-0.25, -0.2) is 9.59 Å². The van der Waals surface area contributed by atoms with E-state index < -0.39 is 17.4 Å². The highest BCUT2D eigenvalue weighted by Gasteiger charge is 2.47. The van der Waals surface area contributed by atoms with Crippen molar-refractivity contribution >= 4 is 27.9 Å². The molecule has 0 unspecified atom stereocenters. The third kappa shape index (κ3) is 4.74. The average molecular weight is 650 g/mol. The van der Waals surface area contributed by atoms with Crippen molar-refractivity contribution in [1.82, 2.24) is 0 Å². The molecule has 220 valence electrons. The van der Waals surface area contributed by atoms with Gasteiger partial charge in [0.1, 0.15) is 22.6 Å². The molecular formula is C37H29BrO6. The van der Waals surface area contributed by atoms with Crippen LogP contribution in [0.4, 0.5) is 0 Å². The highest BCUT2D eigenvalue weighted by atomic mass is 79.9. The number of carbonyl (C=O) groups is 2. The monoisotopic (exact) mass is 648 g/mol. The van der Waals surface area contributed by atoms with Gasteiger partial charge in [0.05, 0.1) is 18.6 Å². The summed E-state index contributed by atoms with van der Waals surface area (Å²) in [5, 5.41) is 21.5. The Kier molecular flexibility index (Phi) is 7.74. The maximum atomic E-state index is 13.0. The fourth-order valence-corrected chi connectivity index (χ4v) is 6.54. The molecule has 0 heterocycles. The minimum absolute atomic E-state index is 0.0253. The molecule has 0 saturated carbocycles. The first-order chi connectivity index (χ1) is 21.3. The lowest BCUT2D eigenvalue weighted by atomic mass is 9.67. The number of fused-ring (bicyclic) bond motifs is 3. The van der Waals surface area contributed by atoms with E-state index in [-0.39, 0.29) is 35.8 Å². The van der Waals surface area contributed by atoms with E-state index in [0.29, 0.717) is 11.1 Å². The molecule has 5 aromatic carbocycles. The standard InChI is InChI=1S/C37H29BrO6/c1-3-43-35(41)29-19-24(11-16-33(29)39)37(25-12-17-34(40)30(20-25)36(42)44-4-2)31-18-23(22-8-6-5-7-9-22)10-14-27(31)28-15-13-26(38)21-32(28)37/h5-21,39-40H,3-4H2,1-2H3. The van der Waals surface area contributed by atoms with Gasteiger partial charge in [0, 0.05) is 4.47 Å². The molecule has 1 aliphatic rings. The first-order valence-electron chi connectivity index (χ1n) is 14.3. The Morgan fingerprint density at radius 1 is 0.636 bits per heavy atom. The van der Waals surface area contributed by atoms with Crippen molar-refractivity contribution in [2.24, 2.45) is 0 Å². The van der Waals surface area contributed by atoms with Crippen LogP contribution < -0.4 is 0 Å². The molecule has 6 nitrogen and oxygen atoms in total. The fourth-order valence-electron chi connectivity index (χ4n) is 6.18. The first kappa shape index (κ1) is 29.2. The SMILES string of the molecule is CCOC(=O)c1cc(C2(c3ccc(O)c(C(=O)OCC)c3)c3cc(Br)ccc3-c3ccc(-c4ccccc4)cc32)ccc1O. The third-order valence-electron chi connectivity index (χ3n) is 8.06. The van der Waals surface area contributed by atoms with Gasteiger partial charge in [0.2, 0.25) is 0 Å². The molecule has 5 aromatic rings. The van der Waals surface area contributed by atoms with Crippen LogP contribution in [0.5, 0.6) is 11.5 Å². The minimum atomic E-state index is -1.08. The largest absolute Gasteiger partial charge is 0.507 e. The van der Waals surface area contributed by atoms with Gasteiger partial charge < -0.3 is 19.7 Å². The van der Waals surface area contributed by atoms with Crippen LogP contribution in [-0.4, -0.2) is 35.4 Å². The van der Waals surface area contributed by atoms with Crippen LogP contribution in [0.3, 0.4) is 0 Å². The van der Waals surface area contributed by atoms with Gasteiger partial charge in [-0.3, -0.25) is 0 Å². The number of benzene rings is 5. The minimum Gasteiger partial charge on any atom is -0.507 e. The maximum Gasteiger partial charge on any atom is 0.341 e. The highest BCUT2D eigenvalue weighted by Crippen LogP contribution is 2.58. The van der Waals surface area contributed by atoms with Gasteiger partial charge in [-0.2, -0.15) is 0 Å². The van der Waals surface area contributed by atoms with Crippen molar-refractivity contribution in [1.29, 1.82) is 0 Å². The van der Waals surface area contributed by atoms with Crippen LogP contribution >= 0.6 is 15.9 Å². The van der Waals surface area contributed by atoms with Crippen LogP contribution in [0.25, 0.3) is 22.3 Å². The normalized spacial score (nSPS) is 12.7. The molecule has 6 rings (SSSR count). The molecule has 0 aromatic heterocycles. The molecule has 0 bridgehead atoms. The van der Waals surface area contributed by atoms with Crippen molar-refractivity contribution in [3.63, 3.8) is 0 Å². The van der Waals surface area contributed by atoms with E-state index in [4.69, 9.17) is 9.47 Å². The van der Waals surface area contributed by atoms with Gasteiger partial charge in [-0.15, -0.1) is 0 Å². The van der Waals surface area contributed by atoms with Crippen LogP contribution in [-0.2, 0) is 14.9 Å². The molecule has 1 aliphatic carbocycles. The van der Waals surface area contributed by atoms with E-state index in [1.54, 1.807) is 38.1 Å². The number of hydrogen-bond donors (Lipinski definition) is 2. The van der Waals surface area contributed by atoms with Crippen molar-refractivity contribution in [2.75, 3.05) is 13.2 Å². The first-order valence-corrected chi connectivity index (χ1v) is 15.1. The second kappa shape index (κ2) is 11.7. The number of esters is 2. The van der Waals surface area contributed by atoms with Crippen molar-refractivity contribution in [3.05, 3.63) is 141 Å². The maximum absolute atomic E-state index is 13.0. The van der Waals surface area contributed by atoms with Crippen molar-refractivity contribution in [3.8, 4) is 33.8 Å². The number of phenolic OH excluding ortho intramolecular Hbond substituents is 2. The van der Waals surface area contributed by atoms with E-state index in [0.717, 1.165) is 37.9 Å². The smallest absolute Gasteiger partial charge is 0.341 e.